The Bertz CT molecular complexity index is 732. The highest BCUT2D eigenvalue weighted by Gasteiger charge is 2.57. The van der Waals surface area contributed by atoms with Gasteiger partial charge in [0.1, 0.15) is 11.9 Å². The zero-order valence-electron chi connectivity index (χ0n) is 13.6. The summed E-state index contributed by atoms with van der Waals surface area (Å²) in [4.78, 5) is 2.30. The van der Waals surface area contributed by atoms with Crippen molar-refractivity contribution in [3.05, 3.63) is 35.1 Å². The van der Waals surface area contributed by atoms with Gasteiger partial charge in [0, 0.05) is 12.5 Å². The molecule has 1 spiro atoms. The van der Waals surface area contributed by atoms with Crippen molar-refractivity contribution in [3.63, 3.8) is 0 Å². The lowest BCUT2D eigenvalue weighted by Crippen LogP contribution is -2.47. The molecule has 0 saturated carbocycles. The Hall–Kier alpha value is -1.76. The molecule has 128 valence electrons. The predicted molar refractivity (Wildman–Crippen MR) is 84.9 cm³/mol. The number of rotatable bonds is 1. The summed E-state index contributed by atoms with van der Waals surface area (Å²) in [6.07, 6.45) is 2.73. The molecule has 1 aromatic carbocycles. The number of ether oxygens (including phenoxy) is 3. The smallest absolute Gasteiger partial charge is 0.231 e. The van der Waals surface area contributed by atoms with Crippen molar-refractivity contribution in [2.24, 2.45) is 0 Å². The van der Waals surface area contributed by atoms with Crippen LogP contribution in [0.2, 0.25) is 0 Å². The third-order valence-electron chi connectivity index (χ3n) is 6.03. The fourth-order valence-electron chi connectivity index (χ4n) is 5.01. The average Bonchev–Trinajstić information content (AvgIpc) is 3.24. The number of benzene rings is 1. The Labute approximate surface area is 140 Å². The topological polar surface area (TPSA) is 71.4 Å². The minimum absolute atomic E-state index is 0.170. The molecule has 0 radical (unpaired) electrons. The first-order valence-electron chi connectivity index (χ1n) is 8.45. The largest absolute Gasteiger partial charge is 0.499 e. The van der Waals surface area contributed by atoms with E-state index >= 15 is 0 Å². The molecule has 0 bridgehead atoms. The molecule has 2 N–H and O–H groups in total. The van der Waals surface area contributed by atoms with E-state index in [0.29, 0.717) is 23.8 Å². The molecule has 4 aliphatic rings. The quantitative estimate of drug-likeness (QED) is 0.808. The molecule has 3 aliphatic heterocycles. The Morgan fingerprint density at radius 2 is 1.96 bits per heavy atom. The number of methoxy groups -OCH3 is 1. The van der Waals surface area contributed by atoms with Crippen molar-refractivity contribution in [1.82, 2.24) is 4.90 Å². The first-order chi connectivity index (χ1) is 11.6. The van der Waals surface area contributed by atoms with E-state index in [0.717, 1.165) is 30.5 Å². The molecule has 0 amide bonds. The molecule has 1 fully saturated rings. The van der Waals surface area contributed by atoms with Gasteiger partial charge in [-0.2, -0.15) is 0 Å². The summed E-state index contributed by atoms with van der Waals surface area (Å²) in [5.41, 5.74) is 1.46. The van der Waals surface area contributed by atoms with Crippen molar-refractivity contribution in [2.75, 3.05) is 27.0 Å². The van der Waals surface area contributed by atoms with Gasteiger partial charge in [0.15, 0.2) is 11.5 Å². The number of β-amino-alcohol motifs (C(OH)–C–C–N with tert-alkyl or cyclic N) is 1. The van der Waals surface area contributed by atoms with Gasteiger partial charge < -0.3 is 24.4 Å². The number of nitrogens with zero attached hydrogens (tertiary/aromatic N) is 1. The molecular formula is C18H21NO5. The number of fused-ring (bicyclic) bond motifs is 3. The van der Waals surface area contributed by atoms with Crippen LogP contribution in [-0.4, -0.2) is 53.7 Å². The second kappa shape index (κ2) is 4.88. The zero-order valence-corrected chi connectivity index (χ0v) is 13.6. The first-order valence-corrected chi connectivity index (χ1v) is 8.45. The van der Waals surface area contributed by atoms with Crippen molar-refractivity contribution in [1.29, 1.82) is 0 Å². The van der Waals surface area contributed by atoms with E-state index in [1.54, 1.807) is 7.11 Å². The monoisotopic (exact) mass is 331 g/mol. The van der Waals surface area contributed by atoms with Crippen molar-refractivity contribution in [3.8, 4) is 11.5 Å². The summed E-state index contributed by atoms with van der Waals surface area (Å²) in [7, 11) is 1.60. The highest BCUT2D eigenvalue weighted by Crippen LogP contribution is 2.55. The maximum Gasteiger partial charge on any atom is 0.231 e. The maximum atomic E-state index is 11.0. The lowest BCUT2D eigenvalue weighted by Gasteiger charge is -2.38. The van der Waals surface area contributed by atoms with Gasteiger partial charge in [-0.1, -0.05) is 0 Å². The lowest BCUT2D eigenvalue weighted by molar-refractivity contribution is 0.0575. The second-order valence-corrected chi connectivity index (χ2v) is 7.06. The van der Waals surface area contributed by atoms with Gasteiger partial charge in [-0.15, -0.1) is 0 Å². The minimum Gasteiger partial charge on any atom is -0.499 e. The van der Waals surface area contributed by atoms with Gasteiger partial charge in [-0.3, -0.25) is 4.90 Å². The third-order valence-corrected chi connectivity index (χ3v) is 6.03. The van der Waals surface area contributed by atoms with Crippen LogP contribution in [0.1, 0.15) is 36.0 Å². The molecule has 0 unspecified atom stereocenters. The maximum absolute atomic E-state index is 11.0. The SMILES string of the molecule is COC1=C[C@]23CCCN2C[C@H](O)c2cc4c(cc2[C@@H]3[C@@H]1O)OCO4. The Morgan fingerprint density at radius 3 is 2.71 bits per heavy atom. The van der Waals surface area contributed by atoms with Gasteiger partial charge in [0.2, 0.25) is 6.79 Å². The van der Waals surface area contributed by atoms with E-state index in [-0.39, 0.29) is 18.2 Å². The molecule has 24 heavy (non-hydrogen) atoms. The minimum atomic E-state index is -0.722. The fraction of sp³-hybridized carbons (Fsp3) is 0.556. The van der Waals surface area contributed by atoms with E-state index in [4.69, 9.17) is 14.2 Å². The van der Waals surface area contributed by atoms with E-state index < -0.39 is 12.2 Å². The highest BCUT2D eigenvalue weighted by atomic mass is 16.7. The van der Waals surface area contributed by atoms with Gasteiger partial charge in [0.25, 0.3) is 0 Å². The summed E-state index contributed by atoms with van der Waals surface area (Å²) in [6.45, 7) is 1.65. The molecule has 4 atom stereocenters. The van der Waals surface area contributed by atoms with Gasteiger partial charge in [-0.25, -0.2) is 0 Å². The van der Waals surface area contributed by atoms with Crippen molar-refractivity contribution < 1.29 is 24.4 Å². The molecule has 1 aliphatic carbocycles. The molecule has 0 aromatic heterocycles. The van der Waals surface area contributed by atoms with Crippen LogP contribution in [-0.2, 0) is 4.74 Å². The molecule has 1 aromatic rings. The van der Waals surface area contributed by atoms with Crippen molar-refractivity contribution >= 4 is 0 Å². The summed E-state index contributed by atoms with van der Waals surface area (Å²) >= 11 is 0. The normalized spacial score (nSPS) is 36.6. The van der Waals surface area contributed by atoms with Crippen LogP contribution in [0.3, 0.4) is 0 Å². The van der Waals surface area contributed by atoms with Gasteiger partial charge in [-0.05, 0) is 48.7 Å². The molecule has 5 rings (SSSR count). The van der Waals surface area contributed by atoms with Crippen molar-refractivity contribution in [2.45, 2.75) is 36.5 Å². The Balaban J connectivity index is 1.73. The molecule has 1 saturated heterocycles. The van der Waals surface area contributed by atoms with Gasteiger partial charge >= 0.3 is 0 Å². The first kappa shape index (κ1) is 14.6. The molecule has 6 nitrogen and oxygen atoms in total. The van der Waals surface area contributed by atoms with E-state index in [2.05, 4.69) is 11.0 Å². The summed E-state index contributed by atoms with van der Waals surface area (Å²) in [5, 5.41) is 21.8. The van der Waals surface area contributed by atoms with E-state index in [1.165, 1.54) is 0 Å². The molecular weight excluding hydrogens is 310 g/mol. The number of hydrogen-bond acceptors (Lipinski definition) is 6. The van der Waals surface area contributed by atoms with Crippen LogP contribution in [0.25, 0.3) is 0 Å². The number of aliphatic hydroxyl groups is 2. The zero-order chi connectivity index (χ0) is 16.5. The average molecular weight is 331 g/mol. The van der Waals surface area contributed by atoms with Crippen LogP contribution in [0.5, 0.6) is 11.5 Å². The third kappa shape index (κ3) is 1.71. The summed E-state index contributed by atoms with van der Waals surface area (Å²) in [6, 6.07) is 3.81. The summed E-state index contributed by atoms with van der Waals surface area (Å²) in [5.74, 6) is 1.79. The Morgan fingerprint density at radius 1 is 1.21 bits per heavy atom. The van der Waals surface area contributed by atoms with Crippen LogP contribution in [0, 0.1) is 0 Å². The lowest BCUT2D eigenvalue weighted by atomic mass is 9.77. The molecule has 3 heterocycles. The van der Waals surface area contributed by atoms with Crippen LogP contribution in [0.4, 0.5) is 0 Å². The fourth-order valence-corrected chi connectivity index (χ4v) is 5.01. The Kier molecular flexibility index (Phi) is 2.96. The molecule has 6 heteroatoms. The van der Waals surface area contributed by atoms with E-state index in [9.17, 15) is 10.2 Å². The van der Waals surface area contributed by atoms with E-state index in [1.807, 2.05) is 12.1 Å². The van der Waals surface area contributed by atoms with Crippen LogP contribution < -0.4 is 9.47 Å². The number of aliphatic hydroxyl groups excluding tert-OH is 2. The number of hydrogen-bond donors (Lipinski definition) is 2. The second-order valence-electron chi connectivity index (χ2n) is 7.06. The summed E-state index contributed by atoms with van der Waals surface area (Å²) < 4.78 is 16.5. The predicted octanol–water partition coefficient (Wildman–Crippen LogP) is 1.29. The van der Waals surface area contributed by atoms with Crippen LogP contribution >= 0.6 is 0 Å². The van der Waals surface area contributed by atoms with Crippen LogP contribution in [0.15, 0.2) is 24.0 Å². The standard InChI is InChI=1S/C18H21NO5/c1-22-15-7-18-3-2-4-19(18)8-12(20)10-5-13-14(24-9-23-13)6-11(10)16(18)17(15)21/h5-7,12,16-17,20-21H,2-4,8-9H2,1H3/t12-,16+,17+,18-/m0/s1. The highest BCUT2D eigenvalue weighted by molar-refractivity contribution is 5.54. The van der Waals surface area contributed by atoms with Gasteiger partial charge in [0.05, 0.1) is 18.8 Å².